The minimum absolute atomic E-state index is 0.0354. The highest BCUT2D eigenvalue weighted by Crippen LogP contribution is 2.27. The van der Waals surface area contributed by atoms with Gasteiger partial charge in [-0.2, -0.15) is 0 Å². The molecule has 0 aliphatic heterocycles. The van der Waals surface area contributed by atoms with E-state index in [4.69, 9.17) is 16.3 Å². The maximum Gasteiger partial charge on any atom is 0.411 e. The molecule has 1 aromatic carbocycles. The van der Waals surface area contributed by atoms with Crippen molar-refractivity contribution < 1.29 is 9.53 Å². The van der Waals surface area contributed by atoms with Crippen LogP contribution in [0.5, 0.6) is 0 Å². The summed E-state index contributed by atoms with van der Waals surface area (Å²) in [5.41, 5.74) is 1.68. The molecule has 0 unspecified atom stereocenters. The molecule has 0 heterocycles. The third-order valence-electron chi connectivity index (χ3n) is 3.73. The Labute approximate surface area is 119 Å². The molecule has 0 aromatic heterocycles. The van der Waals surface area contributed by atoms with Crippen LogP contribution in [0.25, 0.3) is 0 Å². The number of benzene rings is 1. The van der Waals surface area contributed by atoms with Crippen molar-refractivity contribution in [1.29, 1.82) is 0 Å². The van der Waals surface area contributed by atoms with Gasteiger partial charge in [-0.3, -0.25) is 5.32 Å². The molecule has 1 N–H and O–H groups in total. The number of halogens is 1. The molecule has 1 amide bonds. The van der Waals surface area contributed by atoms with Crippen molar-refractivity contribution in [1.82, 2.24) is 0 Å². The molecule has 0 radical (unpaired) electrons. The van der Waals surface area contributed by atoms with Crippen LogP contribution in [0.1, 0.15) is 38.2 Å². The first-order valence-corrected chi connectivity index (χ1v) is 7.18. The second-order valence-corrected chi connectivity index (χ2v) is 5.73. The first kappa shape index (κ1) is 14.2. The number of carbonyl (C=O) groups excluding carboxylic acids is 1. The lowest BCUT2D eigenvalue weighted by molar-refractivity contribution is 0.0524. The molecule has 0 spiro atoms. The van der Waals surface area contributed by atoms with Crippen LogP contribution in [0.3, 0.4) is 0 Å². The molecule has 4 heteroatoms. The van der Waals surface area contributed by atoms with Crippen molar-refractivity contribution in [3.63, 3.8) is 0 Å². The fourth-order valence-corrected chi connectivity index (χ4v) is 2.64. The Bertz CT molecular complexity index is 461. The summed E-state index contributed by atoms with van der Waals surface area (Å²) >= 11 is 5.92. The molecule has 1 saturated carbocycles. The first-order chi connectivity index (χ1) is 9.06. The predicted molar refractivity (Wildman–Crippen MR) is 77.7 cm³/mol. The van der Waals surface area contributed by atoms with Crippen molar-refractivity contribution in [2.24, 2.45) is 5.92 Å². The minimum atomic E-state index is -0.385. The number of rotatable bonds is 2. The van der Waals surface area contributed by atoms with E-state index in [1.165, 1.54) is 6.42 Å². The largest absolute Gasteiger partial charge is 0.446 e. The van der Waals surface area contributed by atoms with Gasteiger partial charge in [0.25, 0.3) is 0 Å². The number of nitrogens with one attached hydrogen (secondary N) is 1. The van der Waals surface area contributed by atoms with E-state index in [0.717, 1.165) is 24.8 Å². The molecular formula is C15H20ClNO2. The van der Waals surface area contributed by atoms with E-state index in [1.54, 1.807) is 12.1 Å². The van der Waals surface area contributed by atoms with Gasteiger partial charge in [-0.1, -0.05) is 31.0 Å². The first-order valence-electron chi connectivity index (χ1n) is 6.80. The van der Waals surface area contributed by atoms with Gasteiger partial charge in [0, 0.05) is 10.7 Å². The number of amides is 1. The van der Waals surface area contributed by atoms with E-state index in [-0.39, 0.29) is 12.2 Å². The Morgan fingerprint density at radius 1 is 1.37 bits per heavy atom. The summed E-state index contributed by atoms with van der Waals surface area (Å²) in [7, 11) is 0. The van der Waals surface area contributed by atoms with Gasteiger partial charge in [0.1, 0.15) is 6.10 Å². The van der Waals surface area contributed by atoms with Crippen molar-refractivity contribution in [3.8, 4) is 0 Å². The van der Waals surface area contributed by atoms with Crippen LogP contribution in [-0.2, 0) is 4.74 Å². The summed E-state index contributed by atoms with van der Waals surface area (Å²) in [5, 5.41) is 3.38. The lowest BCUT2D eigenvalue weighted by Gasteiger charge is -2.28. The smallest absolute Gasteiger partial charge is 0.411 e. The molecule has 1 aromatic rings. The zero-order chi connectivity index (χ0) is 13.8. The van der Waals surface area contributed by atoms with Gasteiger partial charge < -0.3 is 4.74 Å². The number of carbonyl (C=O) groups is 1. The van der Waals surface area contributed by atoms with Gasteiger partial charge in [-0.05, 0) is 49.8 Å². The van der Waals surface area contributed by atoms with Crippen LogP contribution in [0.2, 0.25) is 5.02 Å². The summed E-state index contributed by atoms with van der Waals surface area (Å²) in [5.74, 6) is 0.444. The van der Waals surface area contributed by atoms with Crippen molar-refractivity contribution in [2.75, 3.05) is 5.32 Å². The van der Waals surface area contributed by atoms with Crippen LogP contribution in [-0.4, -0.2) is 12.2 Å². The van der Waals surface area contributed by atoms with Crippen molar-refractivity contribution in [2.45, 2.75) is 45.6 Å². The lowest BCUT2D eigenvalue weighted by atomic mass is 9.88. The second kappa shape index (κ2) is 6.29. The summed E-state index contributed by atoms with van der Waals surface area (Å²) in [6, 6.07) is 5.42. The number of aryl methyl sites for hydroxylation is 1. The Morgan fingerprint density at radius 3 is 2.84 bits per heavy atom. The molecule has 1 aliphatic carbocycles. The van der Waals surface area contributed by atoms with E-state index in [9.17, 15) is 4.79 Å². The third-order valence-corrected chi connectivity index (χ3v) is 3.96. The highest BCUT2D eigenvalue weighted by molar-refractivity contribution is 6.30. The molecule has 2 atom stereocenters. The average molecular weight is 282 g/mol. The molecule has 3 nitrogen and oxygen atoms in total. The lowest BCUT2D eigenvalue weighted by Crippen LogP contribution is -2.30. The highest BCUT2D eigenvalue weighted by atomic mass is 35.5. The Hall–Kier alpha value is -1.22. The monoisotopic (exact) mass is 281 g/mol. The summed E-state index contributed by atoms with van der Waals surface area (Å²) in [6.45, 7) is 4.07. The molecule has 2 rings (SSSR count). The SMILES string of the molecule is Cc1ccc(Cl)cc1NC(=O)O[C@@H]1CCCC[C@H]1C. The molecule has 104 valence electrons. The maximum absolute atomic E-state index is 11.9. The quantitative estimate of drug-likeness (QED) is 0.847. The van der Waals surface area contributed by atoms with Gasteiger partial charge in [-0.15, -0.1) is 0 Å². The van der Waals surface area contributed by atoms with Gasteiger partial charge in [0.15, 0.2) is 0 Å². The van der Waals surface area contributed by atoms with E-state index in [0.29, 0.717) is 16.6 Å². The average Bonchev–Trinajstić information content (AvgIpc) is 2.37. The van der Waals surface area contributed by atoms with Crippen LogP contribution in [0.15, 0.2) is 18.2 Å². The summed E-state index contributed by atoms with van der Waals surface area (Å²) in [6.07, 6.45) is 4.11. The Balaban J connectivity index is 1.95. The van der Waals surface area contributed by atoms with E-state index in [2.05, 4.69) is 12.2 Å². The van der Waals surface area contributed by atoms with E-state index in [1.807, 2.05) is 13.0 Å². The van der Waals surface area contributed by atoms with Gasteiger partial charge in [0.05, 0.1) is 0 Å². The number of anilines is 1. The normalized spacial score (nSPS) is 22.9. The molecule has 1 fully saturated rings. The van der Waals surface area contributed by atoms with Crippen LogP contribution >= 0.6 is 11.6 Å². The van der Waals surface area contributed by atoms with Gasteiger partial charge in [0.2, 0.25) is 0 Å². The number of hydrogen-bond donors (Lipinski definition) is 1. The zero-order valence-electron chi connectivity index (χ0n) is 11.4. The third kappa shape index (κ3) is 3.87. The standard InChI is InChI=1S/C15H20ClNO2/c1-10-7-8-12(16)9-13(10)17-15(18)19-14-6-4-3-5-11(14)2/h7-9,11,14H,3-6H2,1-2H3,(H,17,18)/t11-,14-/m1/s1. The fraction of sp³-hybridized carbons (Fsp3) is 0.533. The van der Waals surface area contributed by atoms with Gasteiger partial charge >= 0.3 is 6.09 Å². The molecule has 0 bridgehead atoms. The highest BCUT2D eigenvalue weighted by Gasteiger charge is 2.24. The number of hydrogen-bond acceptors (Lipinski definition) is 2. The topological polar surface area (TPSA) is 38.3 Å². The Morgan fingerprint density at radius 2 is 2.11 bits per heavy atom. The van der Waals surface area contributed by atoms with Crippen molar-refractivity contribution in [3.05, 3.63) is 28.8 Å². The molecule has 1 aliphatic rings. The van der Waals surface area contributed by atoms with Crippen molar-refractivity contribution >= 4 is 23.4 Å². The van der Waals surface area contributed by atoms with E-state index < -0.39 is 0 Å². The zero-order valence-corrected chi connectivity index (χ0v) is 12.2. The minimum Gasteiger partial charge on any atom is -0.446 e. The van der Waals surface area contributed by atoms with Crippen LogP contribution in [0.4, 0.5) is 10.5 Å². The number of ether oxygens (including phenoxy) is 1. The predicted octanol–water partition coefficient (Wildman–Crippen LogP) is 4.78. The van der Waals surface area contributed by atoms with Gasteiger partial charge in [-0.25, -0.2) is 4.79 Å². The molecular weight excluding hydrogens is 262 g/mol. The summed E-state index contributed by atoms with van der Waals surface area (Å²) in [4.78, 5) is 11.9. The van der Waals surface area contributed by atoms with Crippen LogP contribution in [0, 0.1) is 12.8 Å². The maximum atomic E-state index is 11.9. The molecule has 0 saturated heterocycles. The fourth-order valence-electron chi connectivity index (χ4n) is 2.46. The molecule has 19 heavy (non-hydrogen) atoms. The Kier molecular flexibility index (Phi) is 4.70. The second-order valence-electron chi connectivity index (χ2n) is 5.29. The van der Waals surface area contributed by atoms with Crippen LogP contribution < -0.4 is 5.32 Å². The summed E-state index contributed by atoms with van der Waals surface area (Å²) < 4.78 is 5.51. The van der Waals surface area contributed by atoms with E-state index >= 15 is 0 Å².